The summed E-state index contributed by atoms with van der Waals surface area (Å²) >= 11 is 0. The number of rotatable bonds is 21. The van der Waals surface area contributed by atoms with Gasteiger partial charge in [-0.25, -0.2) is 0 Å². The van der Waals surface area contributed by atoms with Crippen LogP contribution in [-0.2, 0) is 24.4 Å². The van der Waals surface area contributed by atoms with Gasteiger partial charge in [-0.1, -0.05) is 78.4 Å². The van der Waals surface area contributed by atoms with Gasteiger partial charge >= 0.3 is 5.97 Å². The van der Waals surface area contributed by atoms with Crippen LogP contribution < -0.4 is 5.32 Å². The van der Waals surface area contributed by atoms with E-state index < -0.39 is 15.9 Å². The quantitative estimate of drug-likeness (QED) is 0.0529. The molecule has 0 aromatic rings. The molecule has 0 saturated heterocycles. The van der Waals surface area contributed by atoms with Crippen molar-refractivity contribution >= 4 is 22.0 Å². The zero-order chi connectivity index (χ0) is 36.2. The van der Waals surface area contributed by atoms with Gasteiger partial charge in [0.25, 0.3) is 10.1 Å². The van der Waals surface area contributed by atoms with Crippen LogP contribution in [-0.4, -0.2) is 43.2 Å². The molecule has 0 spiro atoms. The molecule has 4 aliphatic rings. The van der Waals surface area contributed by atoms with E-state index in [0.717, 1.165) is 49.9 Å². The molecule has 0 heterocycles. The summed E-state index contributed by atoms with van der Waals surface area (Å²) in [6.07, 6.45) is 31.1. The fourth-order valence-corrected chi connectivity index (χ4v) is 11.9. The molecule has 7 nitrogen and oxygen atoms in total. The zero-order valence-electron chi connectivity index (χ0n) is 32.3. The van der Waals surface area contributed by atoms with Crippen LogP contribution in [0.1, 0.15) is 175 Å². The lowest BCUT2D eigenvalue weighted by molar-refractivity contribution is -0.162. The van der Waals surface area contributed by atoms with Crippen LogP contribution in [0.5, 0.6) is 0 Å². The first kappa shape index (κ1) is 41.3. The van der Waals surface area contributed by atoms with Crippen molar-refractivity contribution in [2.24, 2.45) is 46.3 Å². The molecule has 0 bridgehead atoms. The van der Waals surface area contributed by atoms with Gasteiger partial charge in [0.1, 0.15) is 6.10 Å². The third-order valence-corrected chi connectivity index (χ3v) is 15.0. The number of unbranched alkanes of at least 4 members (excludes halogenated alkanes) is 9. The second-order valence-corrected chi connectivity index (χ2v) is 19.1. The highest BCUT2D eigenvalue weighted by molar-refractivity contribution is 7.85. The summed E-state index contributed by atoms with van der Waals surface area (Å²) < 4.78 is 37.0. The van der Waals surface area contributed by atoms with Crippen molar-refractivity contribution in [1.29, 1.82) is 0 Å². The van der Waals surface area contributed by atoms with Crippen molar-refractivity contribution < 1.29 is 27.3 Å². The topological polar surface area (TPSA) is 110 Å². The highest BCUT2D eigenvalue weighted by Gasteiger charge is 2.60. The van der Waals surface area contributed by atoms with Crippen molar-refractivity contribution in [3.05, 3.63) is 12.2 Å². The van der Waals surface area contributed by atoms with Gasteiger partial charge in [-0.15, -0.1) is 0 Å². The Balaban J connectivity index is 1.14. The Bertz CT molecular complexity index is 1200. The second-order valence-electron chi connectivity index (χ2n) is 17.6. The van der Waals surface area contributed by atoms with Gasteiger partial charge in [-0.2, -0.15) is 8.42 Å². The number of carbonyl (C=O) groups is 2. The summed E-state index contributed by atoms with van der Waals surface area (Å²) in [5, 5.41) is 2.65. The van der Waals surface area contributed by atoms with Crippen LogP contribution in [0.2, 0.25) is 0 Å². The third-order valence-electron chi connectivity index (χ3n) is 14.3. The van der Waals surface area contributed by atoms with Crippen LogP contribution in [0.3, 0.4) is 0 Å². The van der Waals surface area contributed by atoms with E-state index in [4.69, 9.17) is 9.29 Å². The number of carbonyl (C=O) groups excluding carboxylic acids is 2. The average molecular weight is 720 g/mol. The van der Waals surface area contributed by atoms with Crippen molar-refractivity contribution in [2.75, 3.05) is 12.3 Å². The summed E-state index contributed by atoms with van der Waals surface area (Å²) in [5.41, 5.74) is 0.670. The summed E-state index contributed by atoms with van der Waals surface area (Å²) in [6, 6.07) is 0. The molecule has 0 aliphatic heterocycles. The molecule has 2 N–H and O–H groups in total. The first-order valence-electron chi connectivity index (χ1n) is 20.9. The molecule has 9 unspecified atom stereocenters. The first-order chi connectivity index (χ1) is 23.9. The van der Waals surface area contributed by atoms with Crippen LogP contribution in [0.25, 0.3) is 0 Å². The highest BCUT2D eigenvalue weighted by Crippen LogP contribution is 2.68. The Kier molecular flexibility index (Phi) is 16.2. The predicted octanol–water partition coefficient (Wildman–Crippen LogP) is 10.2. The van der Waals surface area contributed by atoms with Gasteiger partial charge in [0.15, 0.2) is 0 Å². The first-order valence-corrected chi connectivity index (χ1v) is 22.5. The maximum atomic E-state index is 12.8. The van der Waals surface area contributed by atoms with Gasteiger partial charge in [0.2, 0.25) is 5.91 Å². The van der Waals surface area contributed by atoms with Crippen LogP contribution in [0.4, 0.5) is 0 Å². The fourth-order valence-electron chi connectivity index (χ4n) is 11.5. The van der Waals surface area contributed by atoms with Crippen LogP contribution in [0, 0.1) is 46.3 Å². The normalized spacial score (nSPS) is 33.0. The van der Waals surface area contributed by atoms with E-state index in [0.29, 0.717) is 41.4 Å². The largest absolute Gasteiger partial charge is 0.462 e. The molecular formula is C42H73NO6S. The minimum absolute atomic E-state index is 0.0217. The number of amides is 1. The lowest BCUT2D eigenvalue weighted by Gasteiger charge is -2.61. The molecule has 8 heteroatoms. The molecule has 4 rings (SSSR count). The molecule has 288 valence electrons. The Morgan fingerprint density at radius 1 is 0.840 bits per heavy atom. The Morgan fingerprint density at radius 3 is 2.22 bits per heavy atom. The van der Waals surface area contributed by atoms with Gasteiger partial charge < -0.3 is 10.1 Å². The van der Waals surface area contributed by atoms with Crippen LogP contribution >= 0.6 is 0 Å². The summed E-state index contributed by atoms with van der Waals surface area (Å²) in [4.78, 5) is 25.2. The Morgan fingerprint density at radius 2 is 1.50 bits per heavy atom. The minimum Gasteiger partial charge on any atom is -0.462 e. The second kappa shape index (κ2) is 19.6. The van der Waals surface area contributed by atoms with E-state index in [2.05, 4.69) is 45.2 Å². The van der Waals surface area contributed by atoms with E-state index in [1.165, 1.54) is 103 Å². The van der Waals surface area contributed by atoms with E-state index in [1.807, 2.05) is 0 Å². The van der Waals surface area contributed by atoms with Gasteiger partial charge in [0, 0.05) is 19.4 Å². The Hall–Kier alpha value is -1.41. The molecule has 4 aliphatic carbocycles. The average Bonchev–Trinajstić information content (AvgIpc) is 3.42. The molecule has 1 amide bonds. The monoisotopic (exact) mass is 720 g/mol. The highest BCUT2D eigenvalue weighted by atomic mass is 32.2. The number of fused-ring (bicyclic) bond motifs is 5. The molecular weight excluding hydrogens is 647 g/mol. The maximum Gasteiger partial charge on any atom is 0.306 e. The lowest BCUT2D eigenvalue weighted by atomic mass is 9.44. The number of ether oxygens (including phenoxy) is 1. The predicted molar refractivity (Wildman–Crippen MR) is 203 cm³/mol. The summed E-state index contributed by atoms with van der Waals surface area (Å²) in [5.74, 6) is 3.46. The van der Waals surface area contributed by atoms with Crippen LogP contribution in [0.15, 0.2) is 12.2 Å². The minimum atomic E-state index is -4.06. The van der Waals surface area contributed by atoms with E-state index in [9.17, 15) is 18.0 Å². The molecule has 0 aromatic carbocycles. The Labute approximate surface area is 306 Å². The lowest BCUT2D eigenvalue weighted by Crippen LogP contribution is -2.54. The van der Waals surface area contributed by atoms with Gasteiger partial charge in [0.05, 0.1) is 5.75 Å². The molecule has 0 aromatic heterocycles. The van der Waals surface area contributed by atoms with Crippen molar-refractivity contribution in [2.45, 2.75) is 181 Å². The van der Waals surface area contributed by atoms with E-state index in [1.54, 1.807) is 0 Å². The van der Waals surface area contributed by atoms with Crippen molar-refractivity contribution in [1.82, 2.24) is 5.32 Å². The fraction of sp³-hybridized carbons (Fsp3) is 0.905. The molecule has 4 saturated carbocycles. The number of hydrogen-bond acceptors (Lipinski definition) is 5. The molecule has 50 heavy (non-hydrogen) atoms. The maximum absolute atomic E-state index is 12.8. The number of nitrogens with one attached hydrogen (secondary N) is 1. The smallest absolute Gasteiger partial charge is 0.306 e. The van der Waals surface area contributed by atoms with Gasteiger partial charge in [-0.05, 0) is 143 Å². The zero-order valence-corrected chi connectivity index (χ0v) is 33.1. The molecule has 4 fully saturated rings. The van der Waals surface area contributed by atoms with E-state index in [-0.39, 0.29) is 24.5 Å². The number of allylic oxidation sites excluding steroid dienone is 2. The van der Waals surface area contributed by atoms with Crippen molar-refractivity contribution in [3.8, 4) is 0 Å². The molecule has 0 radical (unpaired) electrons. The van der Waals surface area contributed by atoms with E-state index >= 15 is 0 Å². The third kappa shape index (κ3) is 11.5. The van der Waals surface area contributed by atoms with Gasteiger partial charge in [-0.3, -0.25) is 14.1 Å². The van der Waals surface area contributed by atoms with Crippen molar-refractivity contribution in [3.63, 3.8) is 0 Å². The SMILES string of the molecule is CCCCCC/C=C\CCCCCCCC(=O)OC1CCC2(C)C(CCC3C2CCC2(C)C(C(C)CCC(=O)NCCS(=O)(=O)O)CCC32)C1. The summed E-state index contributed by atoms with van der Waals surface area (Å²) in [7, 11) is -4.06. The molecule has 9 atom stereocenters. The summed E-state index contributed by atoms with van der Waals surface area (Å²) in [6.45, 7) is 9.66. The number of esters is 1. The number of hydrogen-bond donors (Lipinski definition) is 2. The standard InChI is InChI=1S/C42H73NO6S/c1-5-6-7-8-9-10-11-12-13-14-15-16-17-18-40(45)49-34-25-27-41(3)33(31-34)20-21-35-37-23-22-36(42(37,4)28-26-38(35)41)32(2)19-24-39(44)43-29-30-50(46,47)48/h10-11,32-38H,5-9,12-31H2,1-4H3,(H,43,44)(H,46,47,48)/b11-10-.